The highest BCUT2D eigenvalue weighted by Gasteiger charge is 2.34. The summed E-state index contributed by atoms with van der Waals surface area (Å²) in [5, 5.41) is 11.5. The Morgan fingerprint density at radius 3 is 2.56 bits per heavy atom. The first-order chi connectivity index (χ1) is 20.6. The SMILES string of the molecule is CCOC(=O)C1=C(C)N=c2s/c(=C/c3cc(I)c(OCc4ccccc4F)c(I)c3)c(=O)n2[C@@H]1c1cccc([N+](=O)[O-])c1. The van der Waals surface area contributed by atoms with Crippen molar-refractivity contribution in [2.75, 3.05) is 6.61 Å². The molecule has 9 nitrogen and oxygen atoms in total. The molecule has 13 heteroatoms. The highest BCUT2D eigenvalue weighted by molar-refractivity contribution is 14.1. The molecule has 0 bridgehead atoms. The third-order valence-electron chi connectivity index (χ3n) is 6.56. The van der Waals surface area contributed by atoms with Gasteiger partial charge in [-0.15, -0.1) is 0 Å². The zero-order chi connectivity index (χ0) is 30.8. The lowest BCUT2D eigenvalue weighted by atomic mass is 9.95. The highest BCUT2D eigenvalue weighted by atomic mass is 127. The van der Waals surface area contributed by atoms with Crippen LogP contribution in [-0.4, -0.2) is 22.1 Å². The molecule has 4 aromatic rings. The number of nitro groups is 1. The van der Waals surface area contributed by atoms with Gasteiger partial charge in [-0.1, -0.05) is 41.7 Å². The molecule has 0 spiro atoms. The number of carbonyl (C=O) groups is 1. The van der Waals surface area contributed by atoms with Crippen molar-refractivity contribution in [3.8, 4) is 5.75 Å². The molecular weight excluding hydrogens is 803 g/mol. The van der Waals surface area contributed by atoms with Gasteiger partial charge >= 0.3 is 5.97 Å². The summed E-state index contributed by atoms with van der Waals surface area (Å²) in [5.41, 5.74) is 1.49. The fraction of sp³-hybridized carbons (Fsp3) is 0.167. The van der Waals surface area contributed by atoms with E-state index >= 15 is 0 Å². The number of aromatic nitrogens is 1. The number of non-ortho nitro benzene ring substituents is 1. The van der Waals surface area contributed by atoms with E-state index in [1.165, 1.54) is 28.8 Å². The fourth-order valence-electron chi connectivity index (χ4n) is 4.63. The lowest BCUT2D eigenvalue weighted by Crippen LogP contribution is -2.40. The molecule has 0 aliphatic carbocycles. The topological polar surface area (TPSA) is 113 Å². The molecule has 220 valence electrons. The lowest BCUT2D eigenvalue weighted by Gasteiger charge is -2.24. The zero-order valence-corrected chi connectivity index (χ0v) is 27.8. The molecule has 0 radical (unpaired) electrons. The summed E-state index contributed by atoms with van der Waals surface area (Å²) >= 11 is 5.42. The van der Waals surface area contributed by atoms with Gasteiger partial charge in [0.25, 0.3) is 11.2 Å². The van der Waals surface area contributed by atoms with Crippen molar-refractivity contribution in [1.29, 1.82) is 0 Å². The monoisotopic (exact) mass is 825 g/mol. The Labute approximate surface area is 275 Å². The van der Waals surface area contributed by atoms with Crippen molar-refractivity contribution in [3.05, 3.63) is 131 Å². The van der Waals surface area contributed by atoms with Crippen LogP contribution in [0, 0.1) is 23.1 Å². The minimum Gasteiger partial charge on any atom is -0.487 e. The van der Waals surface area contributed by atoms with Crippen LogP contribution in [0.5, 0.6) is 5.75 Å². The average molecular weight is 825 g/mol. The zero-order valence-electron chi connectivity index (χ0n) is 22.7. The van der Waals surface area contributed by atoms with Crippen LogP contribution in [0.1, 0.15) is 36.6 Å². The molecule has 0 saturated carbocycles. The van der Waals surface area contributed by atoms with Gasteiger partial charge in [-0.3, -0.25) is 19.5 Å². The third-order valence-corrected chi connectivity index (χ3v) is 9.15. The molecule has 0 amide bonds. The number of thiazole rings is 1. The van der Waals surface area contributed by atoms with Crippen LogP contribution in [-0.2, 0) is 16.1 Å². The number of hydrogen-bond donors (Lipinski definition) is 0. The van der Waals surface area contributed by atoms with Crippen LogP contribution in [0.25, 0.3) is 6.08 Å². The van der Waals surface area contributed by atoms with E-state index in [0.29, 0.717) is 31.9 Å². The second kappa shape index (κ2) is 13.1. The van der Waals surface area contributed by atoms with Gasteiger partial charge < -0.3 is 9.47 Å². The Balaban J connectivity index is 1.58. The summed E-state index contributed by atoms with van der Waals surface area (Å²) in [6.07, 6.45) is 1.72. The van der Waals surface area contributed by atoms with Gasteiger partial charge in [-0.2, -0.15) is 0 Å². The summed E-state index contributed by atoms with van der Waals surface area (Å²) in [7, 11) is 0. The summed E-state index contributed by atoms with van der Waals surface area (Å²) in [4.78, 5) is 42.9. The predicted molar refractivity (Wildman–Crippen MR) is 176 cm³/mol. The van der Waals surface area contributed by atoms with Crippen molar-refractivity contribution in [2.45, 2.75) is 26.5 Å². The summed E-state index contributed by atoms with van der Waals surface area (Å²) in [6, 6.07) is 15.0. The van der Waals surface area contributed by atoms with Gasteiger partial charge in [-0.25, -0.2) is 14.2 Å². The van der Waals surface area contributed by atoms with Gasteiger partial charge in [-0.05, 0) is 94.4 Å². The Morgan fingerprint density at radius 1 is 1.16 bits per heavy atom. The quantitative estimate of drug-likeness (QED) is 0.0986. The standard InChI is InChI=1S/C30H22FI2N3O6S/c1-3-41-29(38)25-16(2)34-30-35(26(25)18-8-6-9-20(14-18)36(39)40)28(37)24(43-30)13-17-11-22(32)27(23(33)12-17)42-15-19-7-4-5-10-21(19)31/h4-14,26H,3,15H2,1-2H3/b24-13+/t26-/m1/s1. The lowest BCUT2D eigenvalue weighted by molar-refractivity contribution is -0.384. The number of nitro benzene ring substituents is 1. The molecule has 1 aromatic heterocycles. The molecule has 1 aliphatic heterocycles. The van der Waals surface area contributed by atoms with Crippen LogP contribution < -0.4 is 19.6 Å². The maximum atomic E-state index is 14.1. The molecule has 3 aromatic carbocycles. The van der Waals surface area contributed by atoms with E-state index in [2.05, 4.69) is 50.2 Å². The molecule has 1 aliphatic rings. The Hall–Kier alpha value is -3.44. The Morgan fingerprint density at radius 2 is 1.88 bits per heavy atom. The molecule has 1 atom stereocenters. The van der Waals surface area contributed by atoms with Gasteiger partial charge in [0.15, 0.2) is 4.80 Å². The van der Waals surface area contributed by atoms with E-state index < -0.39 is 22.5 Å². The van der Waals surface area contributed by atoms with Gasteiger partial charge in [0, 0.05) is 17.7 Å². The Bertz CT molecular complexity index is 1960. The van der Waals surface area contributed by atoms with E-state index in [1.54, 1.807) is 44.2 Å². The van der Waals surface area contributed by atoms with Crippen molar-refractivity contribution in [3.63, 3.8) is 0 Å². The molecule has 5 rings (SSSR count). The second-order valence-electron chi connectivity index (χ2n) is 9.35. The number of nitrogens with zero attached hydrogens (tertiary/aromatic N) is 3. The fourth-order valence-corrected chi connectivity index (χ4v) is 7.81. The summed E-state index contributed by atoms with van der Waals surface area (Å²) in [6.45, 7) is 3.50. The number of ether oxygens (including phenoxy) is 2. The largest absolute Gasteiger partial charge is 0.487 e. The number of hydrogen-bond acceptors (Lipinski definition) is 8. The molecule has 0 saturated heterocycles. The molecule has 2 heterocycles. The summed E-state index contributed by atoms with van der Waals surface area (Å²) in [5.74, 6) is -0.391. The molecule has 43 heavy (non-hydrogen) atoms. The predicted octanol–water partition coefficient (Wildman–Crippen LogP) is 5.63. The average Bonchev–Trinajstić information content (AvgIpc) is 3.26. The molecule has 0 N–H and O–H groups in total. The first-order valence-electron chi connectivity index (χ1n) is 12.9. The van der Waals surface area contributed by atoms with Crippen LogP contribution in [0.3, 0.4) is 0 Å². The Kier molecular flexibility index (Phi) is 9.41. The van der Waals surface area contributed by atoms with Crippen LogP contribution >= 0.6 is 56.5 Å². The van der Waals surface area contributed by atoms with Gasteiger partial charge in [0.1, 0.15) is 18.2 Å². The van der Waals surface area contributed by atoms with Gasteiger partial charge in [0.05, 0.1) is 40.5 Å². The van der Waals surface area contributed by atoms with Crippen LogP contribution in [0.15, 0.2) is 81.7 Å². The van der Waals surface area contributed by atoms with Crippen LogP contribution in [0.4, 0.5) is 10.1 Å². The number of allylic oxidation sites excluding steroid dienone is 1. The van der Waals surface area contributed by atoms with Crippen molar-refractivity contribution < 1.29 is 23.6 Å². The van der Waals surface area contributed by atoms with Crippen molar-refractivity contribution >= 4 is 74.3 Å². The highest BCUT2D eigenvalue weighted by Crippen LogP contribution is 2.33. The molecule has 0 unspecified atom stereocenters. The minimum atomic E-state index is -0.966. The number of esters is 1. The number of rotatable bonds is 8. The summed E-state index contributed by atoms with van der Waals surface area (Å²) < 4.78 is 28.6. The number of benzene rings is 3. The van der Waals surface area contributed by atoms with E-state index in [9.17, 15) is 24.1 Å². The maximum Gasteiger partial charge on any atom is 0.338 e. The van der Waals surface area contributed by atoms with E-state index in [1.807, 2.05) is 12.1 Å². The smallest absolute Gasteiger partial charge is 0.338 e. The van der Waals surface area contributed by atoms with E-state index in [0.717, 1.165) is 24.0 Å². The van der Waals surface area contributed by atoms with Crippen LogP contribution in [0.2, 0.25) is 0 Å². The van der Waals surface area contributed by atoms with Gasteiger partial charge in [0.2, 0.25) is 0 Å². The minimum absolute atomic E-state index is 0.0659. The van der Waals surface area contributed by atoms with Crippen molar-refractivity contribution in [2.24, 2.45) is 4.99 Å². The maximum absolute atomic E-state index is 14.1. The first kappa shape index (κ1) is 31.0. The first-order valence-corrected chi connectivity index (χ1v) is 15.9. The number of fused-ring (bicyclic) bond motifs is 1. The van der Waals surface area contributed by atoms with E-state index in [-0.39, 0.29) is 30.3 Å². The van der Waals surface area contributed by atoms with Crippen molar-refractivity contribution in [1.82, 2.24) is 4.57 Å². The second-order valence-corrected chi connectivity index (χ2v) is 12.7. The normalized spacial score (nSPS) is 14.7. The third kappa shape index (κ3) is 6.43. The number of halogens is 3. The van der Waals surface area contributed by atoms with E-state index in [4.69, 9.17) is 9.47 Å². The molecule has 0 fully saturated rings. The number of carbonyl (C=O) groups excluding carboxylic acids is 1. The molecular formula is C30H22FI2N3O6S.